The van der Waals surface area contributed by atoms with E-state index in [0.717, 1.165) is 0 Å². The molecule has 1 aromatic heterocycles. The van der Waals surface area contributed by atoms with E-state index in [9.17, 15) is 0 Å². The Balaban J connectivity index is 1.50. The Hall–Kier alpha value is -4.24. The van der Waals surface area contributed by atoms with Gasteiger partial charge in [-0.15, -0.1) is 0 Å². The third-order valence-electron chi connectivity index (χ3n) is 11.1. The number of hydrogen-bond acceptors (Lipinski definition) is 1. The number of hydrogen-bond donors (Lipinski definition) is 0. The predicted octanol–water partition coefficient (Wildman–Crippen LogP) is 9.75. The maximum atomic E-state index is 2.71. The molecule has 0 fully saturated rings. The summed E-state index contributed by atoms with van der Waals surface area (Å²) in [6, 6.07) is 33.3. The minimum absolute atomic E-state index is 0.0282. The van der Waals surface area contributed by atoms with Crippen molar-refractivity contribution in [2.45, 2.75) is 78.6 Å². The summed E-state index contributed by atoms with van der Waals surface area (Å²) in [6.45, 7) is 21.2. The monoisotopic (exact) mass is 584 g/mol. The number of fused-ring (bicyclic) bond motifs is 9. The van der Waals surface area contributed by atoms with E-state index in [4.69, 9.17) is 0 Å². The molecule has 5 aromatic carbocycles. The highest BCUT2D eigenvalue weighted by atomic mass is 15.2. The van der Waals surface area contributed by atoms with E-state index in [1.54, 1.807) is 0 Å². The van der Waals surface area contributed by atoms with Crippen molar-refractivity contribution in [2.24, 2.45) is 0 Å². The number of para-hydroxylation sites is 2. The van der Waals surface area contributed by atoms with Crippen molar-refractivity contribution in [3.05, 3.63) is 113 Å². The molecule has 0 N–H and O–H groups in total. The summed E-state index contributed by atoms with van der Waals surface area (Å²) in [5.41, 5.74) is 19.2. The molecule has 0 saturated carbocycles. The third kappa shape index (κ3) is 3.37. The summed E-state index contributed by atoms with van der Waals surface area (Å²) in [4.78, 5) is 2.60. The largest absolute Gasteiger partial charge is 0.375 e. The van der Waals surface area contributed by atoms with Gasteiger partial charge in [-0.3, -0.25) is 0 Å². The van der Waals surface area contributed by atoms with Crippen molar-refractivity contribution in [1.29, 1.82) is 0 Å². The van der Waals surface area contributed by atoms with Crippen LogP contribution in [0.1, 0.15) is 83.2 Å². The predicted molar refractivity (Wildman–Crippen MR) is 194 cm³/mol. The fourth-order valence-electron chi connectivity index (χ4n) is 8.70. The van der Waals surface area contributed by atoms with E-state index in [1.165, 1.54) is 88.7 Å². The molecule has 0 spiro atoms. The average molecular weight is 585 g/mol. The molecule has 3 aliphatic rings. The van der Waals surface area contributed by atoms with E-state index in [1.807, 2.05) is 0 Å². The first-order valence-electron chi connectivity index (χ1n) is 16.6. The summed E-state index contributed by atoms with van der Waals surface area (Å²) in [5, 5.41) is 2.75. The van der Waals surface area contributed by atoms with Crippen LogP contribution >= 0.6 is 0 Å². The molecule has 0 amide bonds. The Labute approximate surface area is 267 Å². The van der Waals surface area contributed by atoms with E-state index in [-0.39, 0.29) is 23.1 Å². The maximum absolute atomic E-state index is 2.71. The van der Waals surface area contributed by atoms with Gasteiger partial charge in [-0.2, -0.15) is 0 Å². The Morgan fingerprint density at radius 2 is 1.36 bits per heavy atom. The Morgan fingerprint density at radius 3 is 2.11 bits per heavy atom. The molecule has 4 heterocycles. The van der Waals surface area contributed by atoms with Crippen LogP contribution in [0.15, 0.2) is 84.9 Å². The molecule has 0 unspecified atom stereocenters. The Morgan fingerprint density at radius 1 is 0.644 bits per heavy atom. The average Bonchev–Trinajstić information content (AvgIpc) is 3.31. The number of rotatable bonds is 0. The summed E-state index contributed by atoms with van der Waals surface area (Å²) >= 11 is 0. The van der Waals surface area contributed by atoms with Gasteiger partial charge in [0.05, 0.1) is 5.69 Å². The van der Waals surface area contributed by atoms with Crippen LogP contribution < -0.4 is 15.8 Å². The van der Waals surface area contributed by atoms with Crippen LogP contribution in [0.4, 0.5) is 17.1 Å². The first-order chi connectivity index (χ1) is 21.3. The van der Waals surface area contributed by atoms with E-state index < -0.39 is 0 Å². The Kier molecular flexibility index (Phi) is 5.01. The number of benzene rings is 5. The smallest absolute Gasteiger partial charge is 0.333 e. The molecule has 6 aromatic rings. The van der Waals surface area contributed by atoms with E-state index in [2.05, 4.69) is 157 Å². The third-order valence-corrected chi connectivity index (χ3v) is 11.1. The molecule has 0 bridgehead atoms. The molecule has 45 heavy (non-hydrogen) atoms. The fraction of sp³-hybridized carbons (Fsp3) is 0.286. The van der Waals surface area contributed by atoms with Gasteiger partial charge in [0, 0.05) is 44.2 Å². The molecule has 3 aliphatic heterocycles. The standard InChI is InChI=1S/C42H41BN2/c1-24-19-28-30-23-26(41(5,6)7)22-29-27-21-25(40(2,3)4)17-18-34(27)45(38(29)30)43-33-15-12-14-32-39(33)44(36(20-24)37(28)43)35-16-11-10-13-31(35)42(32,8)9/h10-23H,1-9H3. The van der Waals surface area contributed by atoms with Crippen LogP contribution in [-0.4, -0.2) is 11.3 Å². The SMILES string of the molecule is Cc1cc2c3c(c1)N1c4ccccc4C(C)(C)c4cccc(c41)B3n1c3ccc(C(C)(C)C)cc3c3cc(C(C)(C)C)cc-2c31. The van der Waals surface area contributed by atoms with Gasteiger partial charge in [0.25, 0.3) is 0 Å². The second-order valence-corrected chi connectivity index (χ2v) is 16.4. The normalized spacial score (nSPS) is 15.8. The van der Waals surface area contributed by atoms with Gasteiger partial charge in [-0.1, -0.05) is 104 Å². The minimum atomic E-state index is -0.105. The number of aromatic nitrogens is 1. The second kappa shape index (κ2) is 8.32. The van der Waals surface area contributed by atoms with Gasteiger partial charge in [-0.05, 0) is 98.5 Å². The van der Waals surface area contributed by atoms with Crippen molar-refractivity contribution in [2.75, 3.05) is 4.90 Å². The molecule has 0 atom stereocenters. The lowest BCUT2D eigenvalue weighted by Crippen LogP contribution is -2.58. The van der Waals surface area contributed by atoms with Crippen LogP contribution in [0.2, 0.25) is 0 Å². The highest BCUT2D eigenvalue weighted by Crippen LogP contribution is 2.54. The molecule has 0 aliphatic carbocycles. The van der Waals surface area contributed by atoms with Gasteiger partial charge < -0.3 is 9.38 Å². The first kappa shape index (κ1) is 27.1. The van der Waals surface area contributed by atoms with E-state index in [0.29, 0.717) is 0 Å². The minimum Gasteiger partial charge on any atom is -0.375 e. The van der Waals surface area contributed by atoms with Crippen LogP contribution in [0.5, 0.6) is 0 Å². The molecule has 3 heteroatoms. The zero-order valence-corrected chi connectivity index (χ0v) is 28.1. The van der Waals surface area contributed by atoms with Gasteiger partial charge >= 0.3 is 6.85 Å². The molecule has 9 rings (SSSR count). The van der Waals surface area contributed by atoms with Gasteiger partial charge in [0.2, 0.25) is 0 Å². The van der Waals surface area contributed by atoms with Gasteiger partial charge in [0.15, 0.2) is 0 Å². The van der Waals surface area contributed by atoms with Crippen molar-refractivity contribution >= 4 is 56.6 Å². The van der Waals surface area contributed by atoms with Crippen molar-refractivity contribution in [3.8, 4) is 11.1 Å². The van der Waals surface area contributed by atoms with Gasteiger partial charge in [-0.25, -0.2) is 0 Å². The maximum Gasteiger partial charge on any atom is 0.333 e. The lowest BCUT2D eigenvalue weighted by molar-refractivity contribution is 0.590. The van der Waals surface area contributed by atoms with Crippen molar-refractivity contribution in [1.82, 2.24) is 4.48 Å². The molecule has 2 nitrogen and oxygen atoms in total. The summed E-state index contributed by atoms with van der Waals surface area (Å²) in [7, 11) is 0. The first-order valence-corrected chi connectivity index (χ1v) is 16.6. The van der Waals surface area contributed by atoms with E-state index >= 15 is 0 Å². The quantitative estimate of drug-likeness (QED) is 0.161. The van der Waals surface area contributed by atoms with Crippen LogP contribution in [0.25, 0.3) is 32.9 Å². The van der Waals surface area contributed by atoms with Crippen molar-refractivity contribution < 1.29 is 0 Å². The molecular formula is C42H41BN2. The molecule has 0 radical (unpaired) electrons. The number of aryl methyl sites for hydroxylation is 1. The zero-order valence-electron chi connectivity index (χ0n) is 28.1. The molecular weight excluding hydrogens is 543 g/mol. The lowest BCUT2D eigenvalue weighted by Gasteiger charge is -2.48. The fourth-order valence-corrected chi connectivity index (χ4v) is 8.70. The highest BCUT2D eigenvalue weighted by Gasteiger charge is 2.48. The topological polar surface area (TPSA) is 8.17 Å². The van der Waals surface area contributed by atoms with Gasteiger partial charge in [0.1, 0.15) is 0 Å². The molecule has 0 saturated heterocycles. The molecule has 222 valence electrons. The Bertz CT molecular complexity index is 2290. The summed E-state index contributed by atoms with van der Waals surface area (Å²) in [5.74, 6) is 0. The second-order valence-electron chi connectivity index (χ2n) is 16.4. The summed E-state index contributed by atoms with van der Waals surface area (Å²) < 4.78 is 2.71. The number of nitrogens with zero attached hydrogens (tertiary/aromatic N) is 2. The van der Waals surface area contributed by atoms with Crippen molar-refractivity contribution in [3.63, 3.8) is 0 Å². The highest BCUT2D eigenvalue weighted by molar-refractivity contribution is 6.90. The number of anilines is 3. The zero-order chi connectivity index (χ0) is 31.4. The lowest BCUT2D eigenvalue weighted by atomic mass is 9.44. The van der Waals surface area contributed by atoms with Crippen LogP contribution in [0.3, 0.4) is 0 Å². The van der Waals surface area contributed by atoms with Crippen LogP contribution in [-0.2, 0) is 16.2 Å². The van der Waals surface area contributed by atoms with Crippen LogP contribution in [0, 0.1) is 6.92 Å². The summed E-state index contributed by atoms with van der Waals surface area (Å²) in [6.07, 6.45) is 0.